The minimum atomic E-state index is -0.171. The van der Waals surface area contributed by atoms with E-state index in [1.807, 2.05) is 35.8 Å². The minimum Gasteiger partial charge on any atom is -0.323 e. The van der Waals surface area contributed by atoms with E-state index >= 15 is 0 Å². The van der Waals surface area contributed by atoms with E-state index in [0.717, 1.165) is 16.9 Å². The van der Waals surface area contributed by atoms with E-state index in [-0.39, 0.29) is 12.5 Å². The standard InChI is InChI=1S/C16H13Cl2N3O/c1-10-19-14-4-2-3-5-15(14)21(10)9-16(22)20-13-7-6-11(17)8-12(13)18/h2-8H,9H2,1H3,(H,20,22). The first-order valence-corrected chi connectivity index (χ1v) is 7.47. The van der Waals surface area contributed by atoms with Gasteiger partial charge in [0.2, 0.25) is 5.91 Å². The number of anilines is 1. The average Bonchev–Trinajstić information content (AvgIpc) is 2.78. The van der Waals surface area contributed by atoms with E-state index in [9.17, 15) is 4.79 Å². The molecule has 6 heteroatoms. The lowest BCUT2D eigenvalue weighted by atomic mass is 10.3. The van der Waals surface area contributed by atoms with Crippen LogP contribution in [0.25, 0.3) is 11.0 Å². The van der Waals surface area contributed by atoms with Crippen LogP contribution in [0.3, 0.4) is 0 Å². The second-order valence-electron chi connectivity index (χ2n) is 4.91. The highest BCUT2D eigenvalue weighted by Gasteiger charge is 2.12. The van der Waals surface area contributed by atoms with Crippen molar-refractivity contribution in [1.29, 1.82) is 0 Å². The molecular weight excluding hydrogens is 321 g/mol. The van der Waals surface area contributed by atoms with Crippen LogP contribution in [0.1, 0.15) is 5.82 Å². The van der Waals surface area contributed by atoms with Gasteiger partial charge < -0.3 is 9.88 Å². The van der Waals surface area contributed by atoms with Gasteiger partial charge in [0.15, 0.2) is 0 Å². The second-order valence-corrected chi connectivity index (χ2v) is 5.75. The molecule has 0 unspecified atom stereocenters. The molecular formula is C16H13Cl2N3O. The average molecular weight is 334 g/mol. The summed E-state index contributed by atoms with van der Waals surface area (Å²) in [5.41, 5.74) is 2.34. The third kappa shape index (κ3) is 2.93. The predicted molar refractivity (Wildman–Crippen MR) is 89.6 cm³/mol. The van der Waals surface area contributed by atoms with Crippen LogP contribution in [0.5, 0.6) is 0 Å². The molecule has 0 saturated heterocycles. The molecule has 0 aliphatic carbocycles. The Balaban J connectivity index is 1.83. The number of aryl methyl sites for hydroxylation is 1. The van der Waals surface area contributed by atoms with Gasteiger partial charge in [-0.2, -0.15) is 0 Å². The van der Waals surface area contributed by atoms with Crippen molar-refractivity contribution < 1.29 is 4.79 Å². The van der Waals surface area contributed by atoms with Crippen molar-refractivity contribution in [2.45, 2.75) is 13.5 Å². The van der Waals surface area contributed by atoms with Crippen LogP contribution in [-0.4, -0.2) is 15.5 Å². The van der Waals surface area contributed by atoms with Crippen LogP contribution >= 0.6 is 23.2 Å². The number of amides is 1. The van der Waals surface area contributed by atoms with Crippen molar-refractivity contribution in [3.63, 3.8) is 0 Å². The Bertz CT molecular complexity index is 858. The third-order valence-corrected chi connectivity index (χ3v) is 3.90. The van der Waals surface area contributed by atoms with E-state index in [1.165, 1.54) is 0 Å². The highest BCUT2D eigenvalue weighted by molar-refractivity contribution is 6.36. The van der Waals surface area contributed by atoms with Crippen LogP contribution in [0.2, 0.25) is 10.0 Å². The van der Waals surface area contributed by atoms with Gasteiger partial charge in [-0.25, -0.2) is 4.98 Å². The normalized spacial score (nSPS) is 10.9. The maximum Gasteiger partial charge on any atom is 0.244 e. The predicted octanol–water partition coefficient (Wildman–Crippen LogP) is 4.29. The summed E-state index contributed by atoms with van der Waals surface area (Å²) in [5, 5.41) is 3.73. The Hall–Kier alpha value is -2.04. The summed E-state index contributed by atoms with van der Waals surface area (Å²) in [6, 6.07) is 12.7. The molecule has 0 atom stereocenters. The van der Waals surface area contributed by atoms with Crippen molar-refractivity contribution in [3.8, 4) is 0 Å². The summed E-state index contributed by atoms with van der Waals surface area (Å²) in [7, 11) is 0. The quantitative estimate of drug-likeness (QED) is 0.777. The number of fused-ring (bicyclic) bond motifs is 1. The van der Waals surface area contributed by atoms with E-state index in [1.54, 1.807) is 18.2 Å². The van der Waals surface area contributed by atoms with Gasteiger partial charge in [0, 0.05) is 5.02 Å². The van der Waals surface area contributed by atoms with Crippen LogP contribution in [0, 0.1) is 6.92 Å². The number of carbonyl (C=O) groups excluding carboxylic acids is 1. The summed E-state index contributed by atoms with van der Waals surface area (Å²) in [6.07, 6.45) is 0. The molecule has 0 aliphatic heterocycles. The Morgan fingerprint density at radius 2 is 2.00 bits per heavy atom. The largest absolute Gasteiger partial charge is 0.323 e. The molecule has 1 heterocycles. The van der Waals surface area contributed by atoms with Crippen molar-refractivity contribution in [1.82, 2.24) is 9.55 Å². The Labute approximate surface area is 137 Å². The van der Waals surface area contributed by atoms with E-state index < -0.39 is 0 Å². The zero-order chi connectivity index (χ0) is 15.7. The smallest absolute Gasteiger partial charge is 0.244 e. The molecule has 0 fully saturated rings. The van der Waals surface area contributed by atoms with Crippen molar-refractivity contribution in [2.24, 2.45) is 0 Å². The number of nitrogens with zero attached hydrogens (tertiary/aromatic N) is 2. The van der Waals surface area contributed by atoms with Crippen LogP contribution in [-0.2, 0) is 11.3 Å². The van der Waals surface area contributed by atoms with Gasteiger partial charge in [0.1, 0.15) is 12.4 Å². The Morgan fingerprint density at radius 3 is 2.77 bits per heavy atom. The summed E-state index contributed by atoms with van der Waals surface area (Å²) in [5.74, 6) is 0.619. The number of hydrogen-bond acceptors (Lipinski definition) is 2. The van der Waals surface area contributed by atoms with Gasteiger partial charge in [-0.1, -0.05) is 35.3 Å². The zero-order valence-electron chi connectivity index (χ0n) is 11.8. The summed E-state index contributed by atoms with van der Waals surface area (Å²) >= 11 is 11.9. The number of para-hydroxylation sites is 2. The maximum absolute atomic E-state index is 12.3. The Kier molecular flexibility index (Phi) is 4.05. The minimum absolute atomic E-state index is 0.171. The van der Waals surface area contributed by atoms with Crippen molar-refractivity contribution >= 4 is 45.8 Å². The first kappa shape index (κ1) is 14.9. The second kappa shape index (κ2) is 5.99. The van der Waals surface area contributed by atoms with E-state index in [4.69, 9.17) is 23.2 Å². The van der Waals surface area contributed by atoms with Crippen molar-refractivity contribution in [3.05, 3.63) is 58.3 Å². The third-order valence-electron chi connectivity index (χ3n) is 3.35. The van der Waals surface area contributed by atoms with Crippen LogP contribution in [0.4, 0.5) is 5.69 Å². The van der Waals surface area contributed by atoms with Gasteiger partial charge in [-0.15, -0.1) is 0 Å². The molecule has 0 bridgehead atoms. The van der Waals surface area contributed by atoms with Gasteiger partial charge in [-0.05, 0) is 37.3 Å². The highest BCUT2D eigenvalue weighted by atomic mass is 35.5. The van der Waals surface area contributed by atoms with Crippen molar-refractivity contribution in [2.75, 3.05) is 5.32 Å². The summed E-state index contributed by atoms with van der Waals surface area (Å²) in [4.78, 5) is 16.7. The lowest BCUT2D eigenvalue weighted by Crippen LogP contribution is -2.19. The molecule has 22 heavy (non-hydrogen) atoms. The maximum atomic E-state index is 12.3. The number of hydrogen-bond donors (Lipinski definition) is 1. The lowest BCUT2D eigenvalue weighted by Gasteiger charge is -2.10. The lowest BCUT2D eigenvalue weighted by molar-refractivity contribution is -0.116. The number of benzene rings is 2. The molecule has 1 aromatic heterocycles. The fourth-order valence-corrected chi connectivity index (χ4v) is 2.78. The molecule has 1 amide bonds. The number of nitrogens with one attached hydrogen (secondary N) is 1. The van der Waals surface area contributed by atoms with Gasteiger partial charge in [0.05, 0.1) is 21.7 Å². The number of rotatable bonds is 3. The summed E-state index contributed by atoms with van der Waals surface area (Å²) in [6.45, 7) is 2.05. The summed E-state index contributed by atoms with van der Waals surface area (Å²) < 4.78 is 1.87. The first-order valence-electron chi connectivity index (χ1n) is 6.71. The van der Waals surface area contributed by atoms with E-state index in [2.05, 4.69) is 10.3 Å². The molecule has 3 aromatic rings. The number of carbonyl (C=O) groups is 1. The molecule has 0 radical (unpaired) electrons. The van der Waals surface area contributed by atoms with Gasteiger partial charge in [0.25, 0.3) is 0 Å². The molecule has 112 valence electrons. The zero-order valence-corrected chi connectivity index (χ0v) is 13.3. The SMILES string of the molecule is Cc1nc2ccccc2n1CC(=O)Nc1ccc(Cl)cc1Cl. The number of imidazole rings is 1. The highest BCUT2D eigenvalue weighted by Crippen LogP contribution is 2.25. The molecule has 0 spiro atoms. The number of aromatic nitrogens is 2. The van der Waals surface area contributed by atoms with Crippen LogP contribution < -0.4 is 5.32 Å². The molecule has 0 aliphatic rings. The first-order chi connectivity index (χ1) is 10.5. The van der Waals surface area contributed by atoms with E-state index in [0.29, 0.717) is 15.7 Å². The molecule has 1 N–H and O–H groups in total. The Morgan fingerprint density at radius 1 is 1.23 bits per heavy atom. The van der Waals surface area contributed by atoms with Gasteiger partial charge in [-0.3, -0.25) is 4.79 Å². The van der Waals surface area contributed by atoms with Gasteiger partial charge >= 0.3 is 0 Å². The molecule has 3 rings (SSSR count). The topological polar surface area (TPSA) is 46.9 Å². The molecule has 0 saturated carbocycles. The monoisotopic (exact) mass is 333 g/mol. The fraction of sp³-hybridized carbons (Fsp3) is 0.125. The molecule has 4 nitrogen and oxygen atoms in total. The number of halogens is 2. The van der Waals surface area contributed by atoms with Crippen LogP contribution in [0.15, 0.2) is 42.5 Å². The molecule has 2 aromatic carbocycles. The fourth-order valence-electron chi connectivity index (χ4n) is 2.32.